The van der Waals surface area contributed by atoms with E-state index in [1.54, 1.807) is 0 Å². The van der Waals surface area contributed by atoms with E-state index in [0.29, 0.717) is 19.0 Å². The van der Waals surface area contributed by atoms with E-state index in [9.17, 15) is 0 Å². The Morgan fingerprint density at radius 1 is 1.44 bits per heavy atom. The van der Waals surface area contributed by atoms with Crippen molar-refractivity contribution in [3.8, 4) is 5.75 Å². The lowest BCUT2D eigenvalue weighted by Crippen LogP contribution is -2.24. The SMILES string of the molecule is C/C=C/COc1cccc(C2=NCC(C)(C)O2)c1. The first kappa shape index (κ1) is 12.7. The van der Waals surface area contributed by atoms with Crippen LogP contribution < -0.4 is 4.74 Å². The summed E-state index contributed by atoms with van der Waals surface area (Å²) in [6.45, 7) is 7.33. The van der Waals surface area contributed by atoms with Gasteiger partial charge in [-0.2, -0.15) is 0 Å². The van der Waals surface area contributed by atoms with Gasteiger partial charge in [0, 0.05) is 5.56 Å². The highest BCUT2D eigenvalue weighted by Gasteiger charge is 2.28. The molecule has 1 aromatic rings. The van der Waals surface area contributed by atoms with Gasteiger partial charge in [0.05, 0.1) is 6.54 Å². The van der Waals surface area contributed by atoms with E-state index < -0.39 is 0 Å². The Kier molecular flexibility index (Phi) is 3.70. The van der Waals surface area contributed by atoms with E-state index in [2.05, 4.69) is 4.99 Å². The second-order valence-corrected chi connectivity index (χ2v) is 4.89. The number of hydrogen-bond acceptors (Lipinski definition) is 3. The highest BCUT2D eigenvalue weighted by molar-refractivity contribution is 5.95. The summed E-state index contributed by atoms with van der Waals surface area (Å²) in [6, 6.07) is 7.84. The van der Waals surface area contributed by atoms with Crippen LogP contribution in [0.2, 0.25) is 0 Å². The normalized spacial score (nSPS) is 17.6. The van der Waals surface area contributed by atoms with Crippen molar-refractivity contribution in [2.45, 2.75) is 26.4 Å². The number of nitrogens with zero attached hydrogens (tertiary/aromatic N) is 1. The van der Waals surface area contributed by atoms with E-state index in [4.69, 9.17) is 9.47 Å². The summed E-state index contributed by atoms with van der Waals surface area (Å²) in [5.74, 6) is 1.54. The molecule has 0 bridgehead atoms. The zero-order valence-corrected chi connectivity index (χ0v) is 11.1. The molecule has 1 aliphatic heterocycles. The lowest BCUT2D eigenvalue weighted by molar-refractivity contribution is 0.131. The van der Waals surface area contributed by atoms with Crippen molar-refractivity contribution in [2.24, 2.45) is 4.99 Å². The van der Waals surface area contributed by atoms with Gasteiger partial charge in [0.1, 0.15) is 18.0 Å². The van der Waals surface area contributed by atoms with Crippen molar-refractivity contribution < 1.29 is 9.47 Å². The maximum absolute atomic E-state index is 5.80. The number of ether oxygens (including phenoxy) is 2. The number of benzene rings is 1. The van der Waals surface area contributed by atoms with Crippen molar-refractivity contribution in [3.05, 3.63) is 42.0 Å². The van der Waals surface area contributed by atoms with Crippen LogP contribution in [0.4, 0.5) is 0 Å². The molecular formula is C15H19NO2. The topological polar surface area (TPSA) is 30.8 Å². The van der Waals surface area contributed by atoms with Gasteiger partial charge in [-0.25, -0.2) is 4.99 Å². The molecule has 0 atom stereocenters. The predicted octanol–water partition coefficient (Wildman–Crippen LogP) is 3.20. The van der Waals surface area contributed by atoms with E-state index >= 15 is 0 Å². The van der Waals surface area contributed by atoms with Crippen LogP contribution in [-0.4, -0.2) is 24.7 Å². The predicted molar refractivity (Wildman–Crippen MR) is 73.3 cm³/mol. The molecule has 2 rings (SSSR count). The molecule has 0 saturated heterocycles. The molecule has 0 saturated carbocycles. The molecule has 0 spiro atoms. The summed E-state index contributed by atoms with van der Waals surface area (Å²) in [5, 5.41) is 0. The molecular weight excluding hydrogens is 226 g/mol. The maximum atomic E-state index is 5.80. The van der Waals surface area contributed by atoms with Gasteiger partial charge in [-0.15, -0.1) is 0 Å². The van der Waals surface area contributed by atoms with Crippen LogP contribution >= 0.6 is 0 Å². The molecule has 0 amide bonds. The molecule has 3 nitrogen and oxygen atoms in total. The Morgan fingerprint density at radius 2 is 2.28 bits per heavy atom. The van der Waals surface area contributed by atoms with Gasteiger partial charge in [-0.05, 0) is 39.0 Å². The third-order valence-electron chi connectivity index (χ3n) is 2.64. The molecule has 0 aromatic heterocycles. The highest BCUT2D eigenvalue weighted by atomic mass is 16.5. The van der Waals surface area contributed by atoms with Crippen LogP contribution in [0, 0.1) is 0 Å². The summed E-state index contributed by atoms with van der Waals surface area (Å²) in [6.07, 6.45) is 3.94. The van der Waals surface area contributed by atoms with Gasteiger partial charge in [0.15, 0.2) is 0 Å². The minimum absolute atomic E-state index is 0.197. The van der Waals surface area contributed by atoms with Crippen LogP contribution in [0.1, 0.15) is 26.3 Å². The van der Waals surface area contributed by atoms with Crippen LogP contribution in [0.3, 0.4) is 0 Å². The second-order valence-electron chi connectivity index (χ2n) is 4.89. The van der Waals surface area contributed by atoms with Crippen molar-refractivity contribution >= 4 is 5.90 Å². The third-order valence-corrected chi connectivity index (χ3v) is 2.64. The largest absolute Gasteiger partial charge is 0.490 e. The smallest absolute Gasteiger partial charge is 0.216 e. The maximum Gasteiger partial charge on any atom is 0.216 e. The van der Waals surface area contributed by atoms with Crippen LogP contribution in [0.15, 0.2) is 41.4 Å². The monoisotopic (exact) mass is 245 g/mol. The average molecular weight is 245 g/mol. The van der Waals surface area contributed by atoms with Crippen LogP contribution in [0.25, 0.3) is 0 Å². The summed E-state index contributed by atoms with van der Waals surface area (Å²) in [5.41, 5.74) is 0.774. The zero-order valence-electron chi connectivity index (χ0n) is 11.1. The molecule has 18 heavy (non-hydrogen) atoms. The minimum Gasteiger partial charge on any atom is -0.490 e. The fourth-order valence-electron chi connectivity index (χ4n) is 1.70. The van der Waals surface area contributed by atoms with E-state index in [0.717, 1.165) is 11.3 Å². The molecule has 1 aromatic carbocycles. The van der Waals surface area contributed by atoms with Crippen LogP contribution in [0.5, 0.6) is 5.75 Å². The standard InChI is InChI=1S/C15H19NO2/c1-4-5-9-17-13-8-6-7-12(10-13)14-16-11-15(2,3)18-14/h4-8,10H,9,11H2,1-3H3/b5-4+. The zero-order chi connectivity index (χ0) is 13.0. The molecule has 0 N–H and O–H groups in total. The number of aliphatic imine (C=N–C) groups is 1. The Labute approximate surface area is 108 Å². The second kappa shape index (κ2) is 5.25. The van der Waals surface area contributed by atoms with E-state index in [1.807, 2.05) is 57.2 Å². The number of rotatable bonds is 4. The molecule has 1 heterocycles. The fourth-order valence-corrected chi connectivity index (χ4v) is 1.70. The Bertz CT molecular complexity index is 475. The molecule has 0 radical (unpaired) electrons. The Balaban J connectivity index is 2.08. The summed E-state index contributed by atoms with van der Waals surface area (Å²) < 4.78 is 11.4. The van der Waals surface area contributed by atoms with Crippen molar-refractivity contribution in [1.82, 2.24) is 0 Å². The molecule has 0 fully saturated rings. The average Bonchev–Trinajstić information content (AvgIpc) is 2.71. The summed E-state index contributed by atoms with van der Waals surface area (Å²) >= 11 is 0. The molecule has 0 unspecified atom stereocenters. The van der Waals surface area contributed by atoms with Crippen LogP contribution in [-0.2, 0) is 4.74 Å². The molecule has 1 aliphatic rings. The van der Waals surface area contributed by atoms with Gasteiger partial charge in [0.2, 0.25) is 5.90 Å². The van der Waals surface area contributed by atoms with E-state index in [1.165, 1.54) is 0 Å². The van der Waals surface area contributed by atoms with Gasteiger partial charge in [-0.1, -0.05) is 18.2 Å². The first-order valence-corrected chi connectivity index (χ1v) is 6.18. The third kappa shape index (κ3) is 3.13. The van der Waals surface area contributed by atoms with Gasteiger partial charge < -0.3 is 9.47 Å². The first-order chi connectivity index (χ1) is 8.61. The Hall–Kier alpha value is -1.77. The Morgan fingerprint density at radius 3 is 2.94 bits per heavy atom. The summed E-state index contributed by atoms with van der Waals surface area (Å²) in [7, 11) is 0. The molecule has 3 heteroatoms. The number of allylic oxidation sites excluding steroid dienone is 1. The highest BCUT2D eigenvalue weighted by Crippen LogP contribution is 2.23. The quantitative estimate of drug-likeness (QED) is 0.763. The minimum atomic E-state index is -0.197. The van der Waals surface area contributed by atoms with Crippen molar-refractivity contribution in [3.63, 3.8) is 0 Å². The molecule has 0 aliphatic carbocycles. The lowest BCUT2D eigenvalue weighted by Gasteiger charge is -2.17. The summed E-state index contributed by atoms with van der Waals surface area (Å²) in [4.78, 5) is 4.42. The van der Waals surface area contributed by atoms with E-state index in [-0.39, 0.29) is 5.60 Å². The van der Waals surface area contributed by atoms with Crippen molar-refractivity contribution in [2.75, 3.05) is 13.2 Å². The number of hydrogen-bond donors (Lipinski definition) is 0. The van der Waals surface area contributed by atoms with Crippen molar-refractivity contribution in [1.29, 1.82) is 0 Å². The molecule has 96 valence electrons. The van der Waals surface area contributed by atoms with Gasteiger partial charge in [0.25, 0.3) is 0 Å². The first-order valence-electron chi connectivity index (χ1n) is 6.18. The fraction of sp³-hybridized carbons (Fsp3) is 0.400. The lowest BCUT2D eigenvalue weighted by atomic mass is 10.1. The van der Waals surface area contributed by atoms with Gasteiger partial charge in [-0.3, -0.25) is 0 Å². The van der Waals surface area contributed by atoms with Gasteiger partial charge >= 0.3 is 0 Å².